The number of fused-ring (bicyclic) bond motifs is 1. The fourth-order valence-corrected chi connectivity index (χ4v) is 4.02. The highest BCUT2D eigenvalue weighted by Gasteiger charge is 2.44. The Morgan fingerprint density at radius 1 is 1.16 bits per heavy atom. The van der Waals surface area contributed by atoms with E-state index in [0.29, 0.717) is 6.61 Å². The molecule has 12 heteroatoms. The van der Waals surface area contributed by atoms with Gasteiger partial charge in [-0.15, -0.1) is 0 Å². The van der Waals surface area contributed by atoms with Crippen LogP contribution in [0.3, 0.4) is 0 Å². The summed E-state index contributed by atoms with van der Waals surface area (Å²) in [6.45, 7) is 3.34. The number of halogens is 3. The van der Waals surface area contributed by atoms with E-state index in [1.165, 1.54) is 0 Å². The van der Waals surface area contributed by atoms with E-state index in [9.17, 15) is 18.0 Å². The standard InChI is InChI=1S/C17H24N4O3.C2HF3O2/c22-15(20-8-1-2-9-20)12-24-14-5-4-13-16(14)23-11-10-21(13)17-18-6-3-7-19-17;3-2(4,5)1(6)7/h3,6-7,13-14,16H,1-2,4-5,8-12H2;(H,6,7)/t13-,14+,16+;/m0./s1. The summed E-state index contributed by atoms with van der Waals surface area (Å²) in [6.07, 6.45) is 2.53. The Bertz CT molecular complexity index is 746. The molecule has 0 radical (unpaired) electrons. The number of rotatable bonds is 4. The third-order valence-corrected chi connectivity index (χ3v) is 5.47. The third-order valence-electron chi connectivity index (χ3n) is 5.47. The van der Waals surface area contributed by atoms with Crippen LogP contribution in [0.25, 0.3) is 0 Å². The van der Waals surface area contributed by atoms with Crippen molar-refractivity contribution in [3.8, 4) is 0 Å². The number of likely N-dealkylation sites (tertiary alicyclic amines) is 1. The second-order valence-electron chi connectivity index (χ2n) is 7.46. The average molecular weight is 446 g/mol. The number of amides is 1. The SMILES string of the molecule is O=C(CO[C@@H]1CC[C@H]2[C@H]1OCCN2c1ncccn1)N1CCCC1.O=C(O)C(F)(F)F. The molecule has 172 valence electrons. The lowest BCUT2D eigenvalue weighted by atomic mass is 10.1. The van der Waals surface area contributed by atoms with Crippen LogP contribution >= 0.6 is 0 Å². The Kier molecular flexibility index (Phi) is 7.65. The molecule has 1 N–H and O–H groups in total. The molecule has 3 atom stereocenters. The zero-order chi connectivity index (χ0) is 22.4. The molecular formula is C19H25F3N4O5. The molecule has 2 aliphatic heterocycles. The maximum absolute atomic E-state index is 12.2. The van der Waals surface area contributed by atoms with Crippen molar-refractivity contribution in [3.63, 3.8) is 0 Å². The minimum atomic E-state index is -5.08. The normalized spacial score (nSPS) is 25.6. The summed E-state index contributed by atoms with van der Waals surface area (Å²) < 4.78 is 43.7. The Balaban J connectivity index is 0.000000339. The van der Waals surface area contributed by atoms with E-state index in [0.717, 1.165) is 51.3 Å². The summed E-state index contributed by atoms with van der Waals surface area (Å²) in [5.41, 5.74) is 0. The lowest BCUT2D eigenvalue weighted by molar-refractivity contribution is -0.192. The predicted molar refractivity (Wildman–Crippen MR) is 101 cm³/mol. The predicted octanol–water partition coefficient (Wildman–Crippen LogP) is 1.49. The monoisotopic (exact) mass is 446 g/mol. The first-order chi connectivity index (χ1) is 14.8. The third kappa shape index (κ3) is 6.03. The van der Waals surface area contributed by atoms with Gasteiger partial charge in [0, 0.05) is 32.0 Å². The van der Waals surface area contributed by atoms with Gasteiger partial charge in [-0.1, -0.05) is 0 Å². The summed E-state index contributed by atoms with van der Waals surface area (Å²) >= 11 is 0. The molecule has 4 rings (SSSR count). The van der Waals surface area contributed by atoms with E-state index in [-0.39, 0.29) is 30.8 Å². The van der Waals surface area contributed by atoms with E-state index in [2.05, 4.69) is 14.9 Å². The van der Waals surface area contributed by atoms with Gasteiger partial charge in [-0.25, -0.2) is 14.8 Å². The van der Waals surface area contributed by atoms with Gasteiger partial charge >= 0.3 is 12.1 Å². The largest absolute Gasteiger partial charge is 0.490 e. The molecule has 0 aromatic carbocycles. The number of anilines is 1. The maximum atomic E-state index is 12.2. The fourth-order valence-electron chi connectivity index (χ4n) is 4.02. The van der Waals surface area contributed by atoms with Crippen LogP contribution in [0.4, 0.5) is 19.1 Å². The number of carboxylic acids is 1. The van der Waals surface area contributed by atoms with Gasteiger partial charge in [0.1, 0.15) is 12.7 Å². The van der Waals surface area contributed by atoms with Crippen molar-refractivity contribution in [2.45, 2.75) is 50.1 Å². The van der Waals surface area contributed by atoms with Gasteiger partial charge in [0.05, 0.1) is 18.8 Å². The van der Waals surface area contributed by atoms with Gasteiger partial charge in [-0.3, -0.25) is 4.79 Å². The minimum Gasteiger partial charge on any atom is -0.475 e. The summed E-state index contributed by atoms with van der Waals surface area (Å²) in [7, 11) is 0. The molecule has 9 nitrogen and oxygen atoms in total. The summed E-state index contributed by atoms with van der Waals surface area (Å²) in [5.74, 6) is -1.90. The van der Waals surface area contributed by atoms with Crippen molar-refractivity contribution in [1.29, 1.82) is 0 Å². The van der Waals surface area contributed by atoms with Crippen molar-refractivity contribution in [3.05, 3.63) is 18.5 Å². The van der Waals surface area contributed by atoms with Crippen LogP contribution in [0.2, 0.25) is 0 Å². The van der Waals surface area contributed by atoms with E-state index < -0.39 is 12.1 Å². The average Bonchev–Trinajstić information content (AvgIpc) is 3.42. The van der Waals surface area contributed by atoms with Crippen LogP contribution in [0.15, 0.2) is 18.5 Å². The molecule has 2 saturated heterocycles. The van der Waals surface area contributed by atoms with Crippen LogP contribution in [0.1, 0.15) is 25.7 Å². The molecule has 0 unspecified atom stereocenters. The number of aromatic nitrogens is 2. The van der Waals surface area contributed by atoms with E-state index in [1.807, 2.05) is 11.0 Å². The molecule has 1 aromatic rings. The van der Waals surface area contributed by atoms with Gasteiger partial charge in [0.2, 0.25) is 11.9 Å². The number of carboxylic acid groups (broad SMARTS) is 1. The number of alkyl halides is 3. The van der Waals surface area contributed by atoms with Gasteiger partial charge < -0.3 is 24.4 Å². The first kappa shape index (κ1) is 23.2. The summed E-state index contributed by atoms with van der Waals surface area (Å²) in [6, 6.07) is 2.06. The molecule has 1 amide bonds. The molecule has 0 bridgehead atoms. The van der Waals surface area contributed by atoms with Crippen molar-refractivity contribution in [2.24, 2.45) is 0 Å². The minimum absolute atomic E-state index is 0.00562. The Morgan fingerprint density at radius 2 is 1.81 bits per heavy atom. The van der Waals surface area contributed by atoms with E-state index in [4.69, 9.17) is 19.4 Å². The zero-order valence-electron chi connectivity index (χ0n) is 16.8. The number of morpholine rings is 1. The molecule has 1 aromatic heterocycles. The first-order valence-electron chi connectivity index (χ1n) is 10.1. The maximum Gasteiger partial charge on any atom is 0.490 e. The molecular weight excluding hydrogens is 421 g/mol. The van der Waals surface area contributed by atoms with Crippen molar-refractivity contribution < 1.29 is 37.3 Å². The molecule has 0 spiro atoms. The topological polar surface area (TPSA) is 105 Å². The summed E-state index contributed by atoms with van der Waals surface area (Å²) in [4.78, 5) is 33.9. The van der Waals surface area contributed by atoms with Gasteiger partial charge in [0.15, 0.2) is 0 Å². The van der Waals surface area contributed by atoms with Crippen LogP contribution < -0.4 is 4.90 Å². The first-order valence-corrected chi connectivity index (χ1v) is 10.1. The fraction of sp³-hybridized carbons (Fsp3) is 0.684. The number of hydrogen-bond donors (Lipinski definition) is 1. The lowest BCUT2D eigenvalue weighted by Gasteiger charge is -2.39. The van der Waals surface area contributed by atoms with Crippen LogP contribution in [0, 0.1) is 0 Å². The van der Waals surface area contributed by atoms with E-state index >= 15 is 0 Å². The zero-order valence-corrected chi connectivity index (χ0v) is 16.8. The highest BCUT2D eigenvalue weighted by atomic mass is 19.4. The van der Waals surface area contributed by atoms with Crippen LogP contribution in [-0.2, 0) is 19.1 Å². The second kappa shape index (κ2) is 10.2. The molecule has 1 aliphatic carbocycles. The molecule has 31 heavy (non-hydrogen) atoms. The Morgan fingerprint density at radius 3 is 2.42 bits per heavy atom. The number of carbonyl (C=O) groups excluding carboxylic acids is 1. The van der Waals surface area contributed by atoms with Gasteiger partial charge in [-0.05, 0) is 31.7 Å². The van der Waals surface area contributed by atoms with Gasteiger partial charge in [-0.2, -0.15) is 13.2 Å². The number of carbonyl (C=O) groups is 2. The van der Waals surface area contributed by atoms with Crippen molar-refractivity contribution in [1.82, 2.24) is 14.9 Å². The lowest BCUT2D eigenvalue weighted by Crippen LogP contribution is -2.52. The number of hydrogen-bond acceptors (Lipinski definition) is 7. The Hall–Kier alpha value is -2.47. The van der Waals surface area contributed by atoms with E-state index in [1.54, 1.807) is 12.4 Å². The van der Waals surface area contributed by atoms with Gasteiger partial charge in [0.25, 0.3) is 0 Å². The Labute approximate surface area is 177 Å². The quantitative estimate of drug-likeness (QED) is 0.742. The second-order valence-corrected chi connectivity index (χ2v) is 7.46. The van der Waals surface area contributed by atoms with Crippen LogP contribution in [-0.4, -0.2) is 89.1 Å². The molecule has 3 aliphatic rings. The van der Waals surface area contributed by atoms with Crippen molar-refractivity contribution in [2.75, 3.05) is 37.7 Å². The highest BCUT2D eigenvalue weighted by molar-refractivity contribution is 5.77. The number of aliphatic carboxylic acids is 1. The molecule has 3 heterocycles. The molecule has 3 fully saturated rings. The number of ether oxygens (including phenoxy) is 2. The van der Waals surface area contributed by atoms with Crippen molar-refractivity contribution >= 4 is 17.8 Å². The smallest absolute Gasteiger partial charge is 0.475 e. The summed E-state index contributed by atoms with van der Waals surface area (Å²) in [5, 5.41) is 7.12. The molecule has 1 saturated carbocycles. The highest BCUT2D eigenvalue weighted by Crippen LogP contribution is 2.33. The number of nitrogens with zero attached hydrogens (tertiary/aromatic N) is 4. The van der Waals surface area contributed by atoms with Crippen LogP contribution in [0.5, 0.6) is 0 Å².